The van der Waals surface area contributed by atoms with E-state index in [2.05, 4.69) is 40.4 Å². The second-order valence-electron chi connectivity index (χ2n) is 4.13. The Balaban J connectivity index is 2.02. The molecule has 0 radical (unpaired) electrons. The largest absolute Gasteiger partial charge is 0.342 e. The van der Waals surface area contributed by atoms with Gasteiger partial charge >= 0.3 is 0 Å². The molecule has 0 unspecified atom stereocenters. The molecule has 0 aliphatic heterocycles. The van der Waals surface area contributed by atoms with E-state index in [0.29, 0.717) is 0 Å². The number of H-pyrrole nitrogens is 1. The Morgan fingerprint density at radius 3 is 3.06 bits per heavy atom. The molecular formula is C13H19N3. The smallest absolute Gasteiger partial charge is 0.104 e. The van der Waals surface area contributed by atoms with Gasteiger partial charge in [-0.1, -0.05) is 13.0 Å². The zero-order valence-corrected chi connectivity index (χ0v) is 10.0. The second kappa shape index (κ2) is 5.12. The molecule has 2 rings (SSSR count). The fourth-order valence-electron chi connectivity index (χ4n) is 1.93. The van der Waals surface area contributed by atoms with E-state index in [9.17, 15) is 0 Å². The number of rotatable bonds is 5. The summed E-state index contributed by atoms with van der Waals surface area (Å²) in [7, 11) is 0. The van der Waals surface area contributed by atoms with Crippen LogP contribution in [0.5, 0.6) is 0 Å². The minimum absolute atomic E-state index is 0.986. The molecule has 0 aliphatic carbocycles. The summed E-state index contributed by atoms with van der Waals surface area (Å²) in [6.45, 7) is 6.28. The van der Waals surface area contributed by atoms with Crippen molar-refractivity contribution in [2.24, 2.45) is 0 Å². The first-order valence-corrected chi connectivity index (χ1v) is 5.95. The molecule has 0 atom stereocenters. The van der Waals surface area contributed by atoms with E-state index in [0.717, 1.165) is 36.4 Å². The van der Waals surface area contributed by atoms with Crippen LogP contribution in [0, 0.1) is 6.92 Å². The van der Waals surface area contributed by atoms with Gasteiger partial charge in [0, 0.05) is 0 Å². The van der Waals surface area contributed by atoms with E-state index in [4.69, 9.17) is 0 Å². The molecule has 0 fully saturated rings. The minimum atomic E-state index is 0.986. The van der Waals surface area contributed by atoms with Gasteiger partial charge in [0.25, 0.3) is 0 Å². The van der Waals surface area contributed by atoms with Crippen molar-refractivity contribution >= 4 is 11.0 Å². The topological polar surface area (TPSA) is 40.7 Å². The van der Waals surface area contributed by atoms with Crippen LogP contribution in [0.2, 0.25) is 0 Å². The van der Waals surface area contributed by atoms with E-state index in [1.807, 2.05) is 6.92 Å². The predicted octanol–water partition coefficient (Wildman–Crippen LogP) is 2.41. The van der Waals surface area contributed by atoms with Crippen LogP contribution in [-0.4, -0.2) is 23.1 Å². The van der Waals surface area contributed by atoms with Crippen molar-refractivity contribution < 1.29 is 0 Å². The Hall–Kier alpha value is -1.35. The standard InChI is InChI=1S/C13H19N3/c1-3-14-8-4-5-11-6-7-12-13(9-11)16-10(2)15-12/h6-7,9,14H,3-5,8H2,1-2H3,(H,15,16). The number of nitrogens with one attached hydrogen (secondary N) is 2. The molecule has 1 aromatic carbocycles. The van der Waals surface area contributed by atoms with Crippen molar-refractivity contribution in [2.75, 3.05) is 13.1 Å². The average molecular weight is 217 g/mol. The first kappa shape index (κ1) is 11.1. The molecule has 0 saturated carbocycles. The molecule has 0 amide bonds. The lowest BCUT2D eigenvalue weighted by molar-refractivity contribution is 0.673. The molecule has 1 heterocycles. The lowest BCUT2D eigenvalue weighted by atomic mass is 10.1. The maximum atomic E-state index is 4.40. The minimum Gasteiger partial charge on any atom is -0.342 e. The SMILES string of the molecule is CCNCCCc1ccc2nc(C)[nH]c2c1. The Morgan fingerprint density at radius 1 is 1.38 bits per heavy atom. The van der Waals surface area contributed by atoms with Gasteiger partial charge in [0.2, 0.25) is 0 Å². The van der Waals surface area contributed by atoms with Crippen LogP contribution in [0.1, 0.15) is 24.7 Å². The Bertz CT molecular complexity index is 459. The van der Waals surface area contributed by atoms with E-state index in [1.54, 1.807) is 0 Å². The monoisotopic (exact) mass is 217 g/mol. The van der Waals surface area contributed by atoms with E-state index in [1.165, 1.54) is 12.0 Å². The van der Waals surface area contributed by atoms with E-state index < -0.39 is 0 Å². The summed E-state index contributed by atoms with van der Waals surface area (Å²) in [5.74, 6) is 0.986. The third-order valence-corrected chi connectivity index (χ3v) is 2.73. The molecular weight excluding hydrogens is 198 g/mol. The van der Waals surface area contributed by atoms with Gasteiger partial charge in [0.15, 0.2) is 0 Å². The molecule has 2 aromatic rings. The molecule has 86 valence electrons. The molecule has 0 aliphatic rings. The molecule has 3 heteroatoms. The van der Waals surface area contributed by atoms with Gasteiger partial charge in [-0.25, -0.2) is 4.98 Å². The highest BCUT2D eigenvalue weighted by Gasteiger charge is 2.00. The second-order valence-corrected chi connectivity index (χ2v) is 4.13. The Labute approximate surface area is 96.3 Å². The molecule has 0 saturated heterocycles. The summed E-state index contributed by atoms with van der Waals surface area (Å²) in [5.41, 5.74) is 3.60. The highest BCUT2D eigenvalue weighted by molar-refractivity contribution is 5.75. The highest BCUT2D eigenvalue weighted by atomic mass is 14.9. The summed E-state index contributed by atoms with van der Waals surface area (Å²) < 4.78 is 0. The summed E-state index contributed by atoms with van der Waals surface area (Å²) >= 11 is 0. The molecule has 2 N–H and O–H groups in total. The van der Waals surface area contributed by atoms with Crippen molar-refractivity contribution in [3.05, 3.63) is 29.6 Å². The maximum Gasteiger partial charge on any atom is 0.104 e. The number of hydrogen-bond acceptors (Lipinski definition) is 2. The third-order valence-electron chi connectivity index (χ3n) is 2.73. The van der Waals surface area contributed by atoms with E-state index in [-0.39, 0.29) is 0 Å². The van der Waals surface area contributed by atoms with Crippen molar-refractivity contribution in [3.8, 4) is 0 Å². The molecule has 16 heavy (non-hydrogen) atoms. The van der Waals surface area contributed by atoms with Gasteiger partial charge in [-0.3, -0.25) is 0 Å². The molecule has 0 spiro atoms. The van der Waals surface area contributed by atoms with Crippen LogP contribution in [0.15, 0.2) is 18.2 Å². The highest BCUT2D eigenvalue weighted by Crippen LogP contribution is 2.14. The van der Waals surface area contributed by atoms with Crippen molar-refractivity contribution in [1.82, 2.24) is 15.3 Å². The zero-order chi connectivity index (χ0) is 11.4. The van der Waals surface area contributed by atoms with Crippen LogP contribution >= 0.6 is 0 Å². The fourth-order valence-corrected chi connectivity index (χ4v) is 1.93. The maximum absolute atomic E-state index is 4.40. The first-order chi connectivity index (χ1) is 7.79. The number of benzene rings is 1. The number of nitrogens with zero attached hydrogens (tertiary/aromatic N) is 1. The molecule has 1 aromatic heterocycles. The number of aryl methyl sites for hydroxylation is 2. The molecule has 0 bridgehead atoms. The van der Waals surface area contributed by atoms with Crippen molar-refractivity contribution in [2.45, 2.75) is 26.7 Å². The van der Waals surface area contributed by atoms with Gasteiger partial charge in [-0.15, -0.1) is 0 Å². The number of imidazole rings is 1. The van der Waals surface area contributed by atoms with Gasteiger partial charge in [0.05, 0.1) is 11.0 Å². The number of hydrogen-bond donors (Lipinski definition) is 2. The fraction of sp³-hybridized carbons (Fsp3) is 0.462. The Morgan fingerprint density at radius 2 is 2.25 bits per heavy atom. The van der Waals surface area contributed by atoms with Crippen LogP contribution in [0.4, 0.5) is 0 Å². The Kier molecular flexibility index (Phi) is 3.57. The van der Waals surface area contributed by atoms with Gasteiger partial charge in [-0.05, 0) is 50.6 Å². The van der Waals surface area contributed by atoms with Crippen molar-refractivity contribution in [3.63, 3.8) is 0 Å². The summed E-state index contributed by atoms with van der Waals surface area (Å²) in [4.78, 5) is 7.67. The number of aromatic nitrogens is 2. The lowest BCUT2D eigenvalue weighted by Crippen LogP contribution is -2.14. The van der Waals surface area contributed by atoms with Gasteiger partial charge in [0.1, 0.15) is 5.82 Å². The summed E-state index contributed by atoms with van der Waals surface area (Å²) in [6.07, 6.45) is 2.31. The summed E-state index contributed by atoms with van der Waals surface area (Å²) in [5, 5.41) is 3.34. The van der Waals surface area contributed by atoms with Gasteiger partial charge < -0.3 is 10.3 Å². The van der Waals surface area contributed by atoms with E-state index >= 15 is 0 Å². The summed E-state index contributed by atoms with van der Waals surface area (Å²) in [6, 6.07) is 6.48. The van der Waals surface area contributed by atoms with Crippen LogP contribution in [-0.2, 0) is 6.42 Å². The van der Waals surface area contributed by atoms with Crippen molar-refractivity contribution in [1.29, 1.82) is 0 Å². The lowest BCUT2D eigenvalue weighted by Gasteiger charge is -2.02. The quantitative estimate of drug-likeness (QED) is 0.755. The normalized spacial score (nSPS) is 11.1. The molecule has 3 nitrogen and oxygen atoms in total. The number of aromatic amines is 1. The van der Waals surface area contributed by atoms with Crippen LogP contribution in [0.3, 0.4) is 0 Å². The third kappa shape index (κ3) is 2.61. The zero-order valence-electron chi connectivity index (χ0n) is 10.0. The predicted molar refractivity (Wildman–Crippen MR) is 67.7 cm³/mol. The number of fused-ring (bicyclic) bond motifs is 1. The average Bonchev–Trinajstić information content (AvgIpc) is 2.64. The van der Waals surface area contributed by atoms with Gasteiger partial charge in [-0.2, -0.15) is 0 Å². The van der Waals surface area contributed by atoms with Crippen LogP contribution in [0.25, 0.3) is 11.0 Å². The first-order valence-electron chi connectivity index (χ1n) is 5.95. The van der Waals surface area contributed by atoms with Crippen LogP contribution < -0.4 is 5.32 Å².